The van der Waals surface area contributed by atoms with Gasteiger partial charge in [-0.3, -0.25) is 9.93 Å². The number of nitrogens with two attached hydrogens (primary N) is 1. The van der Waals surface area contributed by atoms with Crippen LogP contribution in [0, 0.1) is 17.8 Å². The summed E-state index contributed by atoms with van der Waals surface area (Å²) in [6.45, 7) is 0.219. The average Bonchev–Trinajstić information content (AvgIpc) is 3.47. The summed E-state index contributed by atoms with van der Waals surface area (Å²) in [6, 6.07) is 10.8. The van der Waals surface area contributed by atoms with E-state index in [1.807, 2.05) is 12.1 Å². The molecule has 6 nitrogen and oxygen atoms in total. The smallest absolute Gasteiger partial charge is 0.206 e. The maximum Gasteiger partial charge on any atom is 0.206 e. The second-order valence-corrected chi connectivity index (χ2v) is 12.9. The van der Waals surface area contributed by atoms with E-state index < -0.39 is 5.60 Å². The molecule has 10 heteroatoms. The Morgan fingerprint density at radius 3 is 2.49 bits per heavy atom. The van der Waals surface area contributed by atoms with E-state index in [-0.39, 0.29) is 17.6 Å². The van der Waals surface area contributed by atoms with Crippen LogP contribution < -0.4 is 9.88 Å². The zero-order valence-electron chi connectivity index (χ0n) is 21.2. The number of carbonyl (C=O) groups is 1. The van der Waals surface area contributed by atoms with Gasteiger partial charge in [-0.1, -0.05) is 52.1 Å². The van der Waals surface area contributed by atoms with Crippen LogP contribution in [0.5, 0.6) is 5.75 Å². The second kappa shape index (κ2) is 10.9. The average molecular weight is 608 g/mol. The molecule has 3 aliphatic rings. The van der Waals surface area contributed by atoms with Gasteiger partial charge in [0.15, 0.2) is 0 Å². The van der Waals surface area contributed by atoms with Crippen molar-refractivity contribution < 1.29 is 19.2 Å². The topological polar surface area (TPSA) is 98.6 Å². The fourth-order valence-corrected chi connectivity index (χ4v) is 7.61. The van der Waals surface area contributed by atoms with Crippen molar-refractivity contribution in [3.8, 4) is 17.0 Å². The van der Waals surface area contributed by atoms with Gasteiger partial charge < -0.3 is 14.4 Å². The molecule has 3 fully saturated rings. The summed E-state index contributed by atoms with van der Waals surface area (Å²) in [5, 5.41) is 22.7. The van der Waals surface area contributed by atoms with Crippen molar-refractivity contribution in [2.24, 2.45) is 22.9 Å². The Labute approximate surface area is 246 Å². The minimum atomic E-state index is -0.966. The number of hydrogen-bond donors (Lipinski definition) is 2. The number of rotatable bonds is 8. The second-order valence-electron chi connectivity index (χ2n) is 11.1. The molecule has 2 atom stereocenters. The summed E-state index contributed by atoms with van der Waals surface area (Å²) >= 11 is 20.4. The predicted octanol–water partition coefficient (Wildman–Crippen LogP) is 7.91. The SMILES string of the molecule is NSC(=O)C1CCC(C2CC(O)(c3ccc(OCc4c(-c5c(Cl)cccc5Cl)noc4C4CC4)cc3Cl)C2)C1. The normalized spacial score (nSPS) is 26.4. The zero-order valence-corrected chi connectivity index (χ0v) is 24.3. The van der Waals surface area contributed by atoms with Crippen molar-refractivity contribution in [1.82, 2.24) is 5.16 Å². The van der Waals surface area contributed by atoms with Crippen molar-refractivity contribution in [3.63, 3.8) is 0 Å². The highest BCUT2D eigenvalue weighted by molar-refractivity contribution is 8.11. The van der Waals surface area contributed by atoms with Gasteiger partial charge >= 0.3 is 0 Å². The Morgan fingerprint density at radius 1 is 1.08 bits per heavy atom. The van der Waals surface area contributed by atoms with Crippen molar-refractivity contribution in [3.05, 3.63) is 68.4 Å². The van der Waals surface area contributed by atoms with Gasteiger partial charge in [-0.05, 0) is 93.0 Å². The highest BCUT2D eigenvalue weighted by atomic mass is 35.5. The van der Waals surface area contributed by atoms with Gasteiger partial charge in [0, 0.05) is 23.0 Å². The number of carbonyl (C=O) groups excluding carboxylic acids is 1. The summed E-state index contributed by atoms with van der Waals surface area (Å²) < 4.78 is 11.9. The monoisotopic (exact) mass is 606 g/mol. The molecule has 1 heterocycles. The predicted molar refractivity (Wildman–Crippen MR) is 154 cm³/mol. The summed E-state index contributed by atoms with van der Waals surface area (Å²) in [4.78, 5) is 12.0. The first-order chi connectivity index (χ1) is 18.8. The Balaban J connectivity index is 1.15. The van der Waals surface area contributed by atoms with Crippen LogP contribution in [-0.4, -0.2) is 15.4 Å². The molecule has 6 rings (SSSR count). The minimum Gasteiger partial charge on any atom is -0.489 e. The Kier molecular flexibility index (Phi) is 7.68. The van der Waals surface area contributed by atoms with Gasteiger partial charge in [-0.15, -0.1) is 0 Å². The number of aromatic nitrogens is 1. The molecule has 3 aliphatic carbocycles. The third kappa shape index (κ3) is 5.34. The van der Waals surface area contributed by atoms with E-state index in [1.165, 1.54) is 0 Å². The van der Waals surface area contributed by atoms with Gasteiger partial charge in [-0.25, -0.2) is 0 Å². The van der Waals surface area contributed by atoms with Gasteiger partial charge in [0.05, 0.1) is 26.2 Å². The lowest BCUT2D eigenvalue weighted by Crippen LogP contribution is -2.44. The van der Waals surface area contributed by atoms with E-state index in [9.17, 15) is 9.90 Å². The minimum absolute atomic E-state index is 0.0408. The standard InChI is InChI=1S/C29H29Cl3N2O4S/c30-22-2-1-3-23(31)25(22)26-20(27(38-34-26)15-4-5-15)14-37-19-8-9-21(24(32)11-19)29(36)12-18(13-29)16-6-7-17(10-16)28(35)39-33/h1-3,8-9,11,15-18,36H,4-7,10,12-14,33H2. The van der Waals surface area contributed by atoms with Gasteiger partial charge in [0.2, 0.25) is 5.12 Å². The van der Waals surface area contributed by atoms with E-state index in [0.29, 0.717) is 68.2 Å². The largest absolute Gasteiger partial charge is 0.489 e. The van der Waals surface area contributed by atoms with Crippen molar-refractivity contribution >= 4 is 51.9 Å². The third-order valence-electron chi connectivity index (χ3n) is 8.58. The van der Waals surface area contributed by atoms with Crippen LogP contribution in [0.1, 0.15) is 67.8 Å². The van der Waals surface area contributed by atoms with Crippen LogP contribution in [0.2, 0.25) is 15.1 Å². The quantitative estimate of drug-likeness (QED) is 0.251. The molecule has 0 radical (unpaired) electrons. The lowest BCUT2D eigenvalue weighted by Gasteiger charge is -2.47. The Morgan fingerprint density at radius 2 is 1.82 bits per heavy atom. The lowest BCUT2D eigenvalue weighted by molar-refractivity contribution is -0.114. The molecule has 0 amide bonds. The molecule has 0 aliphatic heterocycles. The molecule has 3 saturated carbocycles. The van der Waals surface area contributed by atoms with Crippen LogP contribution in [0.4, 0.5) is 0 Å². The first-order valence-electron chi connectivity index (χ1n) is 13.3. The summed E-state index contributed by atoms with van der Waals surface area (Å²) in [5.74, 6) is 2.57. The van der Waals surface area contributed by atoms with Gasteiger partial charge in [0.25, 0.3) is 0 Å². The fraction of sp³-hybridized carbons (Fsp3) is 0.448. The molecular weight excluding hydrogens is 579 g/mol. The van der Waals surface area contributed by atoms with E-state index in [2.05, 4.69) is 5.16 Å². The lowest BCUT2D eigenvalue weighted by atomic mass is 9.62. The first kappa shape index (κ1) is 27.4. The van der Waals surface area contributed by atoms with E-state index in [1.54, 1.807) is 24.3 Å². The van der Waals surface area contributed by atoms with Gasteiger partial charge in [0.1, 0.15) is 23.8 Å². The number of nitrogens with zero attached hydrogens (tertiary/aromatic N) is 1. The number of aliphatic hydroxyl groups is 1. The van der Waals surface area contributed by atoms with Crippen molar-refractivity contribution in [2.45, 2.75) is 63.1 Å². The van der Waals surface area contributed by atoms with Gasteiger partial charge in [-0.2, -0.15) is 0 Å². The third-order valence-corrected chi connectivity index (χ3v) is 10.1. The molecule has 1 aromatic heterocycles. The highest BCUT2D eigenvalue weighted by Crippen LogP contribution is 2.55. The maximum absolute atomic E-state index is 12.0. The number of hydrogen-bond acceptors (Lipinski definition) is 7. The zero-order chi connectivity index (χ0) is 27.3. The molecule has 3 aromatic rings. The van der Waals surface area contributed by atoms with E-state index in [0.717, 1.165) is 55.4 Å². The van der Waals surface area contributed by atoms with Crippen LogP contribution in [-0.2, 0) is 17.0 Å². The molecule has 0 bridgehead atoms. The maximum atomic E-state index is 12.0. The highest BCUT2D eigenvalue weighted by Gasteiger charge is 2.49. The molecule has 2 unspecified atom stereocenters. The van der Waals surface area contributed by atoms with Crippen LogP contribution in [0.15, 0.2) is 40.9 Å². The van der Waals surface area contributed by atoms with E-state index >= 15 is 0 Å². The molecule has 0 saturated heterocycles. The molecular formula is C29H29Cl3N2O4S. The molecule has 206 valence electrons. The number of benzene rings is 2. The van der Waals surface area contributed by atoms with Crippen molar-refractivity contribution in [1.29, 1.82) is 0 Å². The Bertz CT molecular complexity index is 1380. The molecule has 39 heavy (non-hydrogen) atoms. The number of halogens is 3. The van der Waals surface area contributed by atoms with Crippen LogP contribution >= 0.6 is 46.8 Å². The van der Waals surface area contributed by atoms with E-state index in [4.69, 9.17) is 49.2 Å². The number of ether oxygens (including phenoxy) is 1. The Hall–Kier alpha value is -1.74. The molecule has 3 N–H and O–H groups in total. The molecule has 0 spiro atoms. The van der Waals surface area contributed by atoms with Crippen LogP contribution in [0.3, 0.4) is 0 Å². The molecule has 2 aromatic carbocycles. The first-order valence-corrected chi connectivity index (χ1v) is 15.3. The van der Waals surface area contributed by atoms with Crippen molar-refractivity contribution in [2.75, 3.05) is 0 Å². The summed E-state index contributed by atoms with van der Waals surface area (Å²) in [7, 11) is 0. The summed E-state index contributed by atoms with van der Waals surface area (Å²) in [6.07, 6.45) is 6.12. The van der Waals surface area contributed by atoms with Crippen LogP contribution in [0.25, 0.3) is 11.3 Å². The summed E-state index contributed by atoms with van der Waals surface area (Å²) in [5.41, 5.74) is 1.79. The fourth-order valence-electron chi connectivity index (χ4n) is 6.28.